The first-order valence-corrected chi connectivity index (χ1v) is 8.75. The van der Waals surface area contributed by atoms with Gasteiger partial charge in [0.15, 0.2) is 0 Å². The van der Waals surface area contributed by atoms with Crippen LogP contribution in [0.4, 0.5) is 0 Å². The Kier molecular flexibility index (Phi) is 5.86. The molecule has 5 nitrogen and oxygen atoms in total. The third-order valence-corrected chi connectivity index (χ3v) is 4.75. The minimum absolute atomic E-state index is 0.177. The summed E-state index contributed by atoms with van der Waals surface area (Å²) < 4.78 is 11.2. The summed E-state index contributed by atoms with van der Waals surface area (Å²) in [6.45, 7) is 0. The highest BCUT2D eigenvalue weighted by Gasteiger charge is 2.38. The molecule has 1 aliphatic rings. The van der Waals surface area contributed by atoms with E-state index in [0.717, 1.165) is 37.9 Å². The van der Waals surface area contributed by atoms with Crippen molar-refractivity contribution in [2.24, 2.45) is 5.73 Å². The van der Waals surface area contributed by atoms with Crippen molar-refractivity contribution in [1.29, 1.82) is 0 Å². The van der Waals surface area contributed by atoms with Gasteiger partial charge in [0.05, 0.1) is 6.04 Å². The van der Waals surface area contributed by atoms with Crippen molar-refractivity contribution in [3.05, 3.63) is 11.7 Å². The van der Waals surface area contributed by atoms with E-state index in [1.54, 1.807) is 18.9 Å². The van der Waals surface area contributed by atoms with Crippen molar-refractivity contribution >= 4 is 11.8 Å². The van der Waals surface area contributed by atoms with Gasteiger partial charge in [-0.25, -0.2) is 0 Å². The zero-order valence-electron chi connectivity index (χ0n) is 12.4. The van der Waals surface area contributed by atoms with Crippen LogP contribution in [0, 0.1) is 0 Å². The molecule has 1 saturated carbocycles. The quantitative estimate of drug-likeness (QED) is 0.814. The Morgan fingerprint density at radius 2 is 2.05 bits per heavy atom. The van der Waals surface area contributed by atoms with Crippen LogP contribution < -0.4 is 5.73 Å². The van der Waals surface area contributed by atoms with Gasteiger partial charge in [0.1, 0.15) is 5.60 Å². The third kappa shape index (κ3) is 3.54. The van der Waals surface area contributed by atoms with Crippen LogP contribution in [0.2, 0.25) is 0 Å². The zero-order chi connectivity index (χ0) is 14.4. The average Bonchev–Trinajstić information content (AvgIpc) is 2.85. The number of methoxy groups -OCH3 is 1. The molecule has 1 aromatic heterocycles. The van der Waals surface area contributed by atoms with Gasteiger partial charge in [-0.2, -0.15) is 16.7 Å². The zero-order valence-corrected chi connectivity index (χ0v) is 13.2. The number of aromatic nitrogens is 2. The molecule has 1 aromatic rings. The average molecular weight is 299 g/mol. The minimum atomic E-state index is -0.378. The number of thioether (sulfide) groups is 1. The van der Waals surface area contributed by atoms with Crippen LogP contribution in [0.25, 0.3) is 0 Å². The smallest absolute Gasteiger partial charge is 0.243 e. The van der Waals surface area contributed by atoms with Gasteiger partial charge in [0.25, 0.3) is 0 Å². The van der Waals surface area contributed by atoms with Gasteiger partial charge in [-0.1, -0.05) is 30.8 Å². The molecule has 2 rings (SSSR count). The van der Waals surface area contributed by atoms with Gasteiger partial charge in [-0.3, -0.25) is 0 Å². The number of ether oxygens (including phenoxy) is 1. The molecule has 1 fully saturated rings. The van der Waals surface area contributed by atoms with E-state index in [-0.39, 0.29) is 11.6 Å². The summed E-state index contributed by atoms with van der Waals surface area (Å²) in [4.78, 5) is 4.53. The minimum Gasteiger partial charge on any atom is -0.370 e. The molecule has 0 aliphatic heterocycles. The first-order chi connectivity index (χ1) is 9.72. The molecule has 6 heteroatoms. The van der Waals surface area contributed by atoms with Crippen LogP contribution in [-0.2, 0) is 10.3 Å². The van der Waals surface area contributed by atoms with Gasteiger partial charge in [-0.05, 0) is 31.3 Å². The van der Waals surface area contributed by atoms with Crippen LogP contribution in [0.3, 0.4) is 0 Å². The maximum Gasteiger partial charge on any atom is 0.243 e. The fourth-order valence-electron chi connectivity index (χ4n) is 2.76. The van der Waals surface area contributed by atoms with Crippen LogP contribution in [0.1, 0.15) is 62.7 Å². The van der Waals surface area contributed by atoms with Crippen LogP contribution >= 0.6 is 11.8 Å². The van der Waals surface area contributed by atoms with E-state index in [1.807, 2.05) is 0 Å². The summed E-state index contributed by atoms with van der Waals surface area (Å²) in [5, 5.41) is 4.16. The molecule has 0 radical (unpaired) electrons. The molecule has 0 amide bonds. The van der Waals surface area contributed by atoms with E-state index in [4.69, 9.17) is 15.0 Å². The molecule has 1 aliphatic carbocycles. The number of nitrogens with zero attached hydrogens (tertiary/aromatic N) is 2. The predicted octanol–water partition coefficient (Wildman–Crippen LogP) is 3.02. The highest BCUT2D eigenvalue weighted by Crippen LogP contribution is 2.37. The monoisotopic (exact) mass is 299 g/mol. The van der Waals surface area contributed by atoms with Crippen molar-refractivity contribution in [3.8, 4) is 0 Å². The maximum absolute atomic E-state index is 6.09. The Balaban J connectivity index is 2.12. The summed E-state index contributed by atoms with van der Waals surface area (Å²) in [6.07, 6.45) is 9.64. The molecular formula is C14H25N3O2S. The second kappa shape index (κ2) is 7.43. The van der Waals surface area contributed by atoms with E-state index < -0.39 is 0 Å². The number of nitrogens with two attached hydrogens (primary N) is 1. The predicted molar refractivity (Wildman–Crippen MR) is 80.6 cm³/mol. The molecule has 0 aromatic carbocycles. The molecular weight excluding hydrogens is 274 g/mol. The molecule has 0 saturated heterocycles. The number of hydrogen-bond donors (Lipinski definition) is 1. The lowest BCUT2D eigenvalue weighted by Gasteiger charge is -2.27. The highest BCUT2D eigenvalue weighted by molar-refractivity contribution is 7.98. The van der Waals surface area contributed by atoms with E-state index in [1.165, 1.54) is 12.8 Å². The Bertz CT molecular complexity index is 403. The second-order valence-electron chi connectivity index (χ2n) is 5.46. The van der Waals surface area contributed by atoms with E-state index >= 15 is 0 Å². The first-order valence-electron chi connectivity index (χ1n) is 7.35. The highest BCUT2D eigenvalue weighted by atomic mass is 32.2. The van der Waals surface area contributed by atoms with E-state index in [0.29, 0.717) is 11.7 Å². The summed E-state index contributed by atoms with van der Waals surface area (Å²) >= 11 is 1.77. The largest absolute Gasteiger partial charge is 0.370 e. The van der Waals surface area contributed by atoms with Crippen molar-refractivity contribution in [2.75, 3.05) is 19.1 Å². The molecule has 0 unspecified atom stereocenters. The fraction of sp³-hybridized carbons (Fsp3) is 0.857. The summed E-state index contributed by atoms with van der Waals surface area (Å²) in [7, 11) is 1.75. The molecule has 1 heterocycles. The van der Waals surface area contributed by atoms with Gasteiger partial charge in [0, 0.05) is 7.11 Å². The first kappa shape index (κ1) is 15.8. The molecule has 114 valence electrons. The SMILES string of the molecule is COC1(c2noc([C@@H](N)CCSC)n2)CCCCCC1. The number of rotatable bonds is 6. The lowest BCUT2D eigenvalue weighted by molar-refractivity contribution is -0.0365. The third-order valence-electron chi connectivity index (χ3n) is 4.10. The Morgan fingerprint density at radius 3 is 2.65 bits per heavy atom. The van der Waals surface area contributed by atoms with Crippen LogP contribution in [0.15, 0.2) is 4.52 Å². The summed E-state index contributed by atoms with van der Waals surface area (Å²) in [5.41, 5.74) is 5.71. The molecule has 0 bridgehead atoms. The van der Waals surface area contributed by atoms with Crippen molar-refractivity contribution < 1.29 is 9.26 Å². The van der Waals surface area contributed by atoms with Gasteiger partial charge in [0.2, 0.25) is 11.7 Å². The Labute approximate surface area is 125 Å². The van der Waals surface area contributed by atoms with E-state index in [9.17, 15) is 0 Å². The topological polar surface area (TPSA) is 74.2 Å². The molecule has 2 N–H and O–H groups in total. The maximum atomic E-state index is 6.09. The fourth-order valence-corrected chi connectivity index (χ4v) is 3.25. The van der Waals surface area contributed by atoms with Crippen LogP contribution in [0.5, 0.6) is 0 Å². The Hall–Kier alpha value is -0.590. The lowest BCUT2D eigenvalue weighted by atomic mass is 9.93. The van der Waals surface area contributed by atoms with Crippen molar-refractivity contribution in [2.45, 2.75) is 56.6 Å². The normalized spacial score (nSPS) is 20.6. The van der Waals surface area contributed by atoms with Crippen molar-refractivity contribution in [3.63, 3.8) is 0 Å². The van der Waals surface area contributed by atoms with Crippen LogP contribution in [-0.4, -0.2) is 29.3 Å². The summed E-state index contributed by atoms with van der Waals surface area (Å²) in [5.74, 6) is 2.21. The summed E-state index contributed by atoms with van der Waals surface area (Å²) in [6, 6.07) is -0.177. The molecule has 1 atom stereocenters. The number of hydrogen-bond acceptors (Lipinski definition) is 6. The van der Waals surface area contributed by atoms with Crippen molar-refractivity contribution in [1.82, 2.24) is 10.1 Å². The molecule has 20 heavy (non-hydrogen) atoms. The Morgan fingerprint density at radius 1 is 1.35 bits per heavy atom. The lowest BCUT2D eigenvalue weighted by Crippen LogP contribution is -2.29. The van der Waals surface area contributed by atoms with Gasteiger partial charge >= 0.3 is 0 Å². The molecule has 0 spiro atoms. The second-order valence-corrected chi connectivity index (χ2v) is 6.44. The van der Waals surface area contributed by atoms with E-state index in [2.05, 4.69) is 16.4 Å². The van der Waals surface area contributed by atoms with Gasteiger partial charge < -0.3 is 15.0 Å². The standard InChI is InChI=1S/C14H25N3O2S/c1-18-14(8-5-3-4-6-9-14)13-16-12(19-17-13)11(15)7-10-20-2/h11H,3-10,15H2,1-2H3/t11-/m0/s1. The van der Waals surface area contributed by atoms with Gasteiger partial charge in [-0.15, -0.1) is 0 Å².